The van der Waals surface area contributed by atoms with Crippen molar-refractivity contribution in [1.82, 2.24) is 9.55 Å². The van der Waals surface area contributed by atoms with Crippen LogP contribution < -0.4 is 11.2 Å². The lowest BCUT2D eigenvalue weighted by atomic mass is 9.92. The van der Waals surface area contributed by atoms with Gasteiger partial charge in [-0.3, -0.25) is 14.3 Å². The molecule has 2 fully saturated rings. The summed E-state index contributed by atoms with van der Waals surface area (Å²) >= 11 is 5.71. The molecular formula is C12H11ClN2O6. The molecule has 2 aliphatic rings. The Morgan fingerprint density at radius 3 is 2.71 bits per heavy atom. The average Bonchev–Trinajstić information content (AvgIpc) is 2.84. The van der Waals surface area contributed by atoms with Crippen LogP contribution >= 0.6 is 11.6 Å². The number of aliphatic hydroxyl groups is 3. The SMILES string of the molecule is C#C[C@]1(O)[C@H](n2ccc(=O)[nH]c2=O)O[C@]2(CCl)C(O)[C@@]21O. The maximum atomic E-state index is 11.8. The monoisotopic (exact) mass is 314 g/mol. The summed E-state index contributed by atoms with van der Waals surface area (Å²) < 4.78 is 6.24. The van der Waals surface area contributed by atoms with Crippen molar-refractivity contribution in [1.29, 1.82) is 0 Å². The van der Waals surface area contributed by atoms with Crippen molar-refractivity contribution in [3.63, 3.8) is 0 Å². The van der Waals surface area contributed by atoms with E-state index in [1.54, 1.807) is 0 Å². The van der Waals surface area contributed by atoms with Gasteiger partial charge in [0.05, 0.1) is 5.88 Å². The van der Waals surface area contributed by atoms with Crippen LogP contribution in [0.5, 0.6) is 0 Å². The van der Waals surface area contributed by atoms with Gasteiger partial charge in [0.2, 0.25) is 5.60 Å². The Balaban J connectivity index is 2.16. The third-order valence-corrected chi connectivity index (χ3v) is 4.58. The molecule has 1 aliphatic heterocycles. The molecule has 1 aromatic rings. The number of alkyl halides is 1. The number of hydrogen-bond donors (Lipinski definition) is 4. The Bertz CT molecular complexity index is 768. The smallest absolute Gasteiger partial charge is 0.330 e. The van der Waals surface area contributed by atoms with E-state index < -0.39 is 40.4 Å². The molecule has 8 nitrogen and oxygen atoms in total. The first kappa shape index (κ1) is 14.3. The van der Waals surface area contributed by atoms with Crippen LogP contribution in [0.25, 0.3) is 0 Å². The lowest BCUT2D eigenvalue weighted by molar-refractivity contribution is -0.145. The van der Waals surface area contributed by atoms with E-state index >= 15 is 0 Å². The Kier molecular flexibility index (Phi) is 2.71. The molecule has 0 bridgehead atoms. The van der Waals surface area contributed by atoms with E-state index in [2.05, 4.69) is 0 Å². The van der Waals surface area contributed by atoms with Gasteiger partial charge in [-0.25, -0.2) is 4.79 Å². The Morgan fingerprint density at radius 1 is 1.52 bits per heavy atom. The molecule has 0 aromatic carbocycles. The number of rotatable bonds is 2. The van der Waals surface area contributed by atoms with Gasteiger partial charge in [-0.05, 0) is 0 Å². The Labute approximate surface area is 122 Å². The second-order valence-corrected chi connectivity index (χ2v) is 5.36. The van der Waals surface area contributed by atoms with Crippen LogP contribution in [-0.4, -0.2) is 53.7 Å². The van der Waals surface area contributed by atoms with Gasteiger partial charge in [-0.15, -0.1) is 18.0 Å². The molecule has 1 unspecified atom stereocenters. The largest absolute Gasteiger partial charge is 0.387 e. The molecule has 0 radical (unpaired) electrons. The fourth-order valence-corrected chi connectivity index (χ4v) is 3.30. The summed E-state index contributed by atoms with van der Waals surface area (Å²) in [5, 5.41) is 30.8. The highest BCUT2D eigenvalue weighted by Gasteiger charge is 2.92. The predicted molar refractivity (Wildman–Crippen MR) is 69.6 cm³/mol. The fraction of sp³-hybridized carbons (Fsp3) is 0.500. The summed E-state index contributed by atoms with van der Waals surface area (Å²) in [5.74, 6) is 1.62. The topological polar surface area (TPSA) is 125 Å². The lowest BCUT2D eigenvalue weighted by Gasteiger charge is -2.30. The highest BCUT2D eigenvalue weighted by Crippen LogP contribution is 2.67. The molecular weight excluding hydrogens is 304 g/mol. The summed E-state index contributed by atoms with van der Waals surface area (Å²) in [5.41, 5.74) is -7.78. The van der Waals surface area contributed by atoms with E-state index in [-0.39, 0.29) is 5.88 Å². The van der Waals surface area contributed by atoms with Gasteiger partial charge >= 0.3 is 5.69 Å². The number of hydrogen-bond acceptors (Lipinski definition) is 6. The maximum Gasteiger partial charge on any atom is 0.330 e. The number of aromatic nitrogens is 2. The molecule has 5 atom stereocenters. The molecule has 1 saturated heterocycles. The Morgan fingerprint density at radius 2 is 2.19 bits per heavy atom. The van der Waals surface area contributed by atoms with E-state index in [0.717, 1.165) is 16.8 Å². The minimum Gasteiger partial charge on any atom is -0.387 e. The molecule has 0 spiro atoms. The van der Waals surface area contributed by atoms with Crippen LogP contribution in [0.1, 0.15) is 6.23 Å². The van der Waals surface area contributed by atoms with Gasteiger partial charge in [0.1, 0.15) is 11.7 Å². The molecule has 1 aromatic heterocycles. The zero-order valence-corrected chi connectivity index (χ0v) is 11.2. The van der Waals surface area contributed by atoms with Gasteiger partial charge in [-0.2, -0.15) is 0 Å². The third-order valence-electron chi connectivity index (χ3n) is 4.18. The fourth-order valence-electron chi connectivity index (χ4n) is 2.89. The number of aromatic amines is 1. The van der Waals surface area contributed by atoms with E-state index in [0.29, 0.717) is 0 Å². The summed E-state index contributed by atoms with van der Waals surface area (Å²) in [6, 6.07) is 1.03. The van der Waals surface area contributed by atoms with Crippen LogP contribution in [0.2, 0.25) is 0 Å². The van der Waals surface area contributed by atoms with Crippen molar-refractivity contribution in [2.45, 2.75) is 29.1 Å². The van der Waals surface area contributed by atoms with Crippen LogP contribution in [0.15, 0.2) is 21.9 Å². The summed E-state index contributed by atoms with van der Waals surface area (Å²) in [6.45, 7) is 0. The van der Waals surface area contributed by atoms with Gasteiger partial charge in [-0.1, -0.05) is 5.92 Å². The molecule has 9 heteroatoms. The number of aliphatic hydroxyl groups excluding tert-OH is 1. The molecule has 4 N–H and O–H groups in total. The van der Waals surface area contributed by atoms with Crippen molar-refractivity contribution in [3.05, 3.63) is 33.1 Å². The first-order chi connectivity index (χ1) is 9.78. The highest BCUT2D eigenvalue weighted by molar-refractivity contribution is 6.19. The second kappa shape index (κ2) is 3.97. The normalized spacial score (nSPS) is 44.1. The average molecular weight is 315 g/mol. The Hall–Kier alpha value is -1.63. The van der Waals surface area contributed by atoms with Gasteiger partial charge in [0, 0.05) is 12.3 Å². The van der Waals surface area contributed by atoms with Crippen molar-refractivity contribution in [2.24, 2.45) is 0 Å². The first-order valence-corrected chi connectivity index (χ1v) is 6.48. The molecule has 3 rings (SSSR count). The number of nitrogens with zero attached hydrogens (tertiary/aromatic N) is 1. The number of halogens is 1. The van der Waals surface area contributed by atoms with Crippen molar-refractivity contribution >= 4 is 11.6 Å². The summed E-state index contributed by atoms with van der Waals surface area (Å²) in [4.78, 5) is 24.9. The van der Waals surface area contributed by atoms with E-state index in [1.807, 2.05) is 10.9 Å². The standard InChI is InChI=1S/C12H11ClN2O6/c1-2-10(19)8(15-4-3-6(16)14-9(15)18)21-11(5-13)7(17)12(10,11)20/h1,3-4,7-8,17,19-20H,5H2,(H,14,16,18)/t7?,8-,10+,11-,12+/m1/s1. The second-order valence-electron chi connectivity index (χ2n) is 5.09. The maximum absolute atomic E-state index is 11.8. The zero-order valence-electron chi connectivity index (χ0n) is 10.5. The number of nitrogens with one attached hydrogen (secondary N) is 1. The van der Waals surface area contributed by atoms with Gasteiger partial charge in [0.15, 0.2) is 11.8 Å². The van der Waals surface area contributed by atoms with E-state index in [1.165, 1.54) is 0 Å². The van der Waals surface area contributed by atoms with Gasteiger partial charge in [0.25, 0.3) is 5.56 Å². The molecule has 112 valence electrons. The zero-order chi connectivity index (χ0) is 15.6. The van der Waals surface area contributed by atoms with Crippen LogP contribution in [-0.2, 0) is 4.74 Å². The number of H-pyrrole nitrogens is 1. The summed E-state index contributed by atoms with van der Waals surface area (Å²) in [6.07, 6.45) is 3.35. The number of terminal acetylenes is 1. The number of fused-ring (bicyclic) bond motifs is 1. The molecule has 1 aliphatic carbocycles. The third kappa shape index (κ3) is 1.35. The molecule has 2 heterocycles. The summed E-state index contributed by atoms with van der Waals surface area (Å²) in [7, 11) is 0. The minimum absolute atomic E-state index is 0.344. The molecule has 21 heavy (non-hydrogen) atoms. The van der Waals surface area contributed by atoms with Crippen molar-refractivity contribution < 1.29 is 20.1 Å². The quantitative estimate of drug-likeness (QED) is 0.354. The van der Waals surface area contributed by atoms with Crippen LogP contribution in [0, 0.1) is 12.3 Å². The van der Waals surface area contributed by atoms with Crippen molar-refractivity contribution in [3.8, 4) is 12.3 Å². The van der Waals surface area contributed by atoms with Crippen LogP contribution in [0.3, 0.4) is 0 Å². The first-order valence-electron chi connectivity index (χ1n) is 5.94. The van der Waals surface area contributed by atoms with Crippen LogP contribution in [0.4, 0.5) is 0 Å². The molecule has 1 saturated carbocycles. The highest BCUT2D eigenvalue weighted by atomic mass is 35.5. The van der Waals surface area contributed by atoms with E-state index in [9.17, 15) is 24.9 Å². The predicted octanol–water partition coefficient (Wildman–Crippen LogP) is -2.49. The molecule has 0 amide bonds. The van der Waals surface area contributed by atoms with Gasteiger partial charge < -0.3 is 20.1 Å². The van der Waals surface area contributed by atoms with Crippen molar-refractivity contribution in [2.75, 3.05) is 5.88 Å². The number of ether oxygens (including phenoxy) is 1. The minimum atomic E-state index is -2.39. The van der Waals surface area contributed by atoms with E-state index in [4.69, 9.17) is 22.8 Å². The lowest BCUT2D eigenvalue weighted by Crippen LogP contribution is -2.52.